The number of fused-ring (bicyclic) bond motifs is 10. The first-order valence-electron chi connectivity index (χ1n) is 26.8. The van der Waals surface area contributed by atoms with Gasteiger partial charge in [-0.15, -0.1) is 0 Å². The predicted molar refractivity (Wildman–Crippen MR) is 329 cm³/mol. The Morgan fingerprint density at radius 2 is 0.526 bits per heavy atom. The van der Waals surface area contributed by atoms with Gasteiger partial charge < -0.3 is 8.83 Å². The summed E-state index contributed by atoms with van der Waals surface area (Å²) in [6.07, 6.45) is 0. The summed E-state index contributed by atoms with van der Waals surface area (Å²) in [6.45, 7) is 0. The van der Waals surface area contributed by atoms with Gasteiger partial charge in [0.25, 0.3) is 0 Å². The minimum absolute atomic E-state index is 0.863. The van der Waals surface area contributed by atoms with Gasteiger partial charge in [0.1, 0.15) is 22.3 Å². The molecule has 0 saturated carbocycles. The van der Waals surface area contributed by atoms with Crippen LogP contribution < -0.4 is 0 Å². The molecule has 0 aliphatic heterocycles. The van der Waals surface area contributed by atoms with Gasteiger partial charge in [-0.3, -0.25) is 0 Å². The van der Waals surface area contributed by atoms with Crippen molar-refractivity contribution in [1.82, 2.24) is 0 Å². The van der Waals surface area contributed by atoms with Gasteiger partial charge in [0.15, 0.2) is 0 Å². The normalized spacial score (nSPS) is 11.8. The van der Waals surface area contributed by atoms with Crippen LogP contribution in [0.25, 0.3) is 165 Å². The third-order valence-electron chi connectivity index (χ3n) is 16.3. The summed E-state index contributed by atoms with van der Waals surface area (Å²) >= 11 is 0. The minimum Gasteiger partial charge on any atom is -0.456 e. The fraction of sp³-hybridized carbons (Fsp3) is 0. The molecule has 362 valence electrons. The molecule has 0 N–H and O–H groups in total. The molecular weight excluding hydrogens is 945 g/mol. The lowest BCUT2D eigenvalue weighted by Gasteiger charge is -2.19. The number of rotatable bonds is 7. The summed E-state index contributed by atoms with van der Waals surface area (Å²) in [6, 6.07) is 101. The molecule has 0 bridgehead atoms. The molecule has 0 amide bonds. The first-order chi connectivity index (χ1) is 38.7. The Kier molecular flexibility index (Phi) is 9.98. The van der Waals surface area contributed by atoms with Crippen molar-refractivity contribution in [2.24, 2.45) is 0 Å². The Morgan fingerprint density at radius 1 is 0.167 bits per heavy atom. The summed E-state index contributed by atoms with van der Waals surface area (Å²) in [5.74, 6) is 0. The van der Waals surface area contributed by atoms with Crippen LogP contribution in [0, 0.1) is 0 Å². The van der Waals surface area contributed by atoms with E-state index < -0.39 is 0 Å². The summed E-state index contributed by atoms with van der Waals surface area (Å²) < 4.78 is 13.6. The molecule has 16 rings (SSSR count). The smallest absolute Gasteiger partial charge is 0.136 e. The third kappa shape index (κ3) is 6.83. The molecule has 0 atom stereocenters. The second-order valence-electron chi connectivity index (χ2n) is 20.5. The van der Waals surface area contributed by atoms with E-state index in [2.05, 4.69) is 279 Å². The van der Waals surface area contributed by atoms with E-state index in [4.69, 9.17) is 8.83 Å². The second-order valence-corrected chi connectivity index (χ2v) is 20.5. The van der Waals surface area contributed by atoms with Crippen LogP contribution in [-0.4, -0.2) is 0 Å². The lowest BCUT2D eigenvalue weighted by Crippen LogP contribution is -1.92. The molecule has 0 aliphatic carbocycles. The molecular formula is C76H46O2. The second kappa shape index (κ2) is 17.7. The summed E-state index contributed by atoms with van der Waals surface area (Å²) in [4.78, 5) is 0. The maximum atomic E-state index is 6.87. The van der Waals surface area contributed by atoms with Gasteiger partial charge >= 0.3 is 0 Å². The Labute approximate surface area is 450 Å². The molecule has 2 nitrogen and oxygen atoms in total. The Bertz CT molecular complexity index is 5010. The fourth-order valence-corrected chi connectivity index (χ4v) is 12.9. The topological polar surface area (TPSA) is 26.3 Å². The van der Waals surface area contributed by atoms with Gasteiger partial charge in [-0.2, -0.15) is 0 Å². The van der Waals surface area contributed by atoms with E-state index in [0.717, 1.165) is 82.8 Å². The van der Waals surface area contributed by atoms with Gasteiger partial charge in [-0.25, -0.2) is 0 Å². The van der Waals surface area contributed by atoms with Crippen LogP contribution in [-0.2, 0) is 0 Å². The van der Waals surface area contributed by atoms with Crippen LogP contribution >= 0.6 is 0 Å². The van der Waals surface area contributed by atoms with Crippen molar-refractivity contribution in [2.75, 3.05) is 0 Å². The van der Waals surface area contributed by atoms with Crippen LogP contribution in [0.2, 0.25) is 0 Å². The van der Waals surface area contributed by atoms with Crippen molar-refractivity contribution < 1.29 is 8.83 Å². The Balaban J connectivity index is 0.920. The largest absolute Gasteiger partial charge is 0.456 e. The summed E-state index contributed by atoms with van der Waals surface area (Å²) in [7, 11) is 0. The minimum atomic E-state index is 0.863. The predicted octanol–water partition coefficient (Wildman–Crippen LogP) is 21.8. The van der Waals surface area contributed by atoms with Crippen molar-refractivity contribution in [3.63, 3.8) is 0 Å². The Hall–Kier alpha value is -10.3. The highest BCUT2D eigenvalue weighted by atomic mass is 16.3. The van der Waals surface area contributed by atoms with E-state index in [1.807, 2.05) is 0 Å². The highest BCUT2D eigenvalue weighted by molar-refractivity contribution is 6.28. The number of hydrogen-bond donors (Lipinski definition) is 0. The number of hydrogen-bond acceptors (Lipinski definition) is 2. The molecule has 2 heteroatoms. The molecule has 0 radical (unpaired) electrons. The van der Waals surface area contributed by atoms with Crippen molar-refractivity contribution in [2.45, 2.75) is 0 Å². The standard InChI is InChI=1S/C76H46O2/c1-4-20-47(21-5-1)51-41-43-66-65(46-51)74-62(35-18-37-67(74)77-66)73-60-33-15-12-30-57(60)71(49-24-8-3-9-25-49)61-42-40-52(45-64(61)73)50-26-16-27-53(44-50)54-34-17-38-68-75(54)76-63(36-19-39-69(76)78-68)72-58-31-13-10-28-55(58)70(48-22-6-2-7-23-48)56-29-11-14-32-59(56)72/h1-46H. The van der Waals surface area contributed by atoms with E-state index in [9.17, 15) is 0 Å². The highest BCUT2D eigenvalue weighted by Crippen LogP contribution is 2.51. The third-order valence-corrected chi connectivity index (χ3v) is 16.3. The van der Waals surface area contributed by atoms with Gasteiger partial charge in [0.2, 0.25) is 0 Å². The highest BCUT2D eigenvalue weighted by Gasteiger charge is 2.24. The number of benzene rings is 14. The van der Waals surface area contributed by atoms with E-state index in [-0.39, 0.29) is 0 Å². The zero-order chi connectivity index (χ0) is 51.3. The zero-order valence-corrected chi connectivity index (χ0v) is 42.4. The monoisotopic (exact) mass is 990 g/mol. The van der Waals surface area contributed by atoms with E-state index in [0.29, 0.717) is 0 Å². The lowest BCUT2D eigenvalue weighted by atomic mass is 9.83. The van der Waals surface area contributed by atoms with Crippen LogP contribution in [0.3, 0.4) is 0 Å². The molecule has 0 spiro atoms. The Morgan fingerprint density at radius 3 is 1.10 bits per heavy atom. The molecule has 0 aliphatic rings. The first kappa shape index (κ1) is 44.1. The van der Waals surface area contributed by atoms with Gasteiger partial charge in [0, 0.05) is 21.5 Å². The molecule has 16 aromatic rings. The maximum absolute atomic E-state index is 6.87. The SMILES string of the molecule is c1ccc(-c2ccc3oc4cccc(-c5c6ccccc6c(-c6ccccc6)c6ccc(-c7cccc(-c8cccc9oc%10cccc(-c%11c%12ccccc%12c(-c%12ccccc%12)c%12ccccc%11%12)c%10c89)c7)cc56)c4c3c2)cc1. The van der Waals surface area contributed by atoms with E-state index in [1.165, 1.54) is 82.0 Å². The van der Waals surface area contributed by atoms with Crippen LogP contribution in [0.4, 0.5) is 0 Å². The average molecular weight is 991 g/mol. The average Bonchev–Trinajstić information content (AvgIpc) is 4.04. The van der Waals surface area contributed by atoms with Crippen molar-refractivity contribution >= 4 is 87.0 Å². The molecule has 0 saturated heterocycles. The molecule has 2 aromatic heterocycles. The molecule has 0 fully saturated rings. The van der Waals surface area contributed by atoms with E-state index >= 15 is 0 Å². The molecule has 78 heavy (non-hydrogen) atoms. The van der Waals surface area contributed by atoms with Gasteiger partial charge in [0.05, 0.1) is 0 Å². The van der Waals surface area contributed by atoms with Crippen LogP contribution in [0.15, 0.2) is 288 Å². The molecule has 0 unspecified atom stereocenters. The quantitative estimate of drug-likeness (QED) is 0.149. The molecule has 2 heterocycles. The van der Waals surface area contributed by atoms with Crippen LogP contribution in [0.1, 0.15) is 0 Å². The maximum Gasteiger partial charge on any atom is 0.136 e. The van der Waals surface area contributed by atoms with Gasteiger partial charge in [-0.05, 0) is 163 Å². The van der Waals surface area contributed by atoms with Crippen molar-refractivity contribution in [3.05, 3.63) is 279 Å². The summed E-state index contributed by atoms with van der Waals surface area (Å²) in [5, 5.41) is 14.1. The summed E-state index contributed by atoms with van der Waals surface area (Å²) in [5.41, 5.74) is 19.9. The van der Waals surface area contributed by atoms with Crippen LogP contribution in [0.5, 0.6) is 0 Å². The first-order valence-corrected chi connectivity index (χ1v) is 26.8. The van der Waals surface area contributed by atoms with Crippen molar-refractivity contribution in [3.8, 4) is 77.9 Å². The van der Waals surface area contributed by atoms with Crippen molar-refractivity contribution in [1.29, 1.82) is 0 Å². The fourth-order valence-electron chi connectivity index (χ4n) is 12.9. The lowest BCUT2D eigenvalue weighted by molar-refractivity contribution is 0.668. The zero-order valence-electron chi connectivity index (χ0n) is 42.4. The van der Waals surface area contributed by atoms with Gasteiger partial charge in [-0.1, -0.05) is 237 Å². The number of furan rings is 2. The van der Waals surface area contributed by atoms with E-state index in [1.54, 1.807) is 0 Å². The molecule has 14 aromatic carbocycles.